The molecule has 0 bridgehead atoms. The van der Waals surface area contributed by atoms with Gasteiger partial charge in [0, 0.05) is 13.2 Å². The Kier molecular flexibility index (Phi) is 4.90. The average molecular weight is 201 g/mol. The number of rotatable bonds is 5. The highest BCUT2D eigenvalue weighted by molar-refractivity contribution is 5.73. The average Bonchev–Trinajstić information content (AvgIpc) is 2.20. The molecule has 1 saturated heterocycles. The van der Waals surface area contributed by atoms with Gasteiger partial charge >= 0.3 is 5.97 Å². The van der Waals surface area contributed by atoms with Gasteiger partial charge in [0.05, 0.1) is 6.61 Å². The summed E-state index contributed by atoms with van der Waals surface area (Å²) in [4.78, 5) is 10.7. The Morgan fingerprint density at radius 2 is 2.50 bits per heavy atom. The van der Waals surface area contributed by atoms with Crippen molar-refractivity contribution in [3.8, 4) is 0 Å². The van der Waals surface area contributed by atoms with E-state index < -0.39 is 12.0 Å². The third-order valence-electron chi connectivity index (χ3n) is 2.61. The molecule has 0 amide bonds. The number of carboxylic acids is 1. The Balaban J connectivity index is 2.20. The molecule has 0 aromatic rings. The zero-order chi connectivity index (χ0) is 10.4. The second-order valence-corrected chi connectivity index (χ2v) is 3.79. The van der Waals surface area contributed by atoms with Crippen molar-refractivity contribution in [1.82, 2.24) is 5.32 Å². The fourth-order valence-corrected chi connectivity index (χ4v) is 1.68. The predicted molar refractivity (Wildman–Crippen MR) is 53.3 cm³/mol. The van der Waals surface area contributed by atoms with Gasteiger partial charge in [0.1, 0.15) is 6.04 Å². The Morgan fingerprint density at radius 3 is 3.00 bits per heavy atom. The van der Waals surface area contributed by atoms with Crippen LogP contribution in [-0.4, -0.2) is 36.9 Å². The fourth-order valence-electron chi connectivity index (χ4n) is 1.68. The molecule has 82 valence electrons. The summed E-state index contributed by atoms with van der Waals surface area (Å²) >= 11 is 0. The molecule has 1 heterocycles. The van der Waals surface area contributed by atoms with Crippen molar-refractivity contribution >= 4 is 5.97 Å². The van der Waals surface area contributed by atoms with Crippen LogP contribution in [0.2, 0.25) is 0 Å². The Morgan fingerprint density at radius 1 is 1.71 bits per heavy atom. The van der Waals surface area contributed by atoms with E-state index >= 15 is 0 Å². The van der Waals surface area contributed by atoms with E-state index in [0.717, 1.165) is 32.6 Å². The van der Waals surface area contributed by atoms with Crippen molar-refractivity contribution in [2.24, 2.45) is 5.92 Å². The number of ether oxygens (including phenoxy) is 1. The van der Waals surface area contributed by atoms with Gasteiger partial charge in [-0.25, -0.2) is 0 Å². The standard InChI is InChI=1S/C10H19NO3/c1-2-9(10(12)13)11-6-8-4-3-5-14-7-8/h8-9,11H,2-7H2,1H3,(H,12,13). The number of nitrogens with one attached hydrogen (secondary N) is 1. The topological polar surface area (TPSA) is 58.6 Å². The minimum Gasteiger partial charge on any atom is -0.480 e. The third kappa shape index (κ3) is 3.64. The summed E-state index contributed by atoms with van der Waals surface area (Å²) in [6, 6.07) is -0.406. The number of aliphatic carboxylic acids is 1. The van der Waals surface area contributed by atoms with Crippen LogP contribution in [0.4, 0.5) is 0 Å². The Labute approximate surface area is 84.6 Å². The maximum absolute atomic E-state index is 10.7. The van der Waals surface area contributed by atoms with Gasteiger partial charge in [-0.2, -0.15) is 0 Å². The molecular weight excluding hydrogens is 182 g/mol. The molecule has 0 spiro atoms. The normalized spacial score (nSPS) is 24.5. The van der Waals surface area contributed by atoms with Gasteiger partial charge in [-0.3, -0.25) is 4.79 Å². The maximum Gasteiger partial charge on any atom is 0.320 e. The minimum atomic E-state index is -0.760. The van der Waals surface area contributed by atoms with Crippen molar-refractivity contribution in [3.05, 3.63) is 0 Å². The minimum absolute atomic E-state index is 0.406. The van der Waals surface area contributed by atoms with Crippen LogP contribution in [0.25, 0.3) is 0 Å². The van der Waals surface area contributed by atoms with Crippen molar-refractivity contribution in [3.63, 3.8) is 0 Å². The van der Waals surface area contributed by atoms with E-state index in [1.165, 1.54) is 0 Å². The monoisotopic (exact) mass is 201 g/mol. The fraction of sp³-hybridized carbons (Fsp3) is 0.900. The van der Waals surface area contributed by atoms with Gasteiger partial charge in [0.2, 0.25) is 0 Å². The van der Waals surface area contributed by atoms with E-state index in [-0.39, 0.29) is 0 Å². The lowest BCUT2D eigenvalue weighted by Crippen LogP contribution is -2.40. The van der Waals surface area contributed by atoms with Crippen molar-refractivity contribution in [2.75, 3.05) is 19.8 Å². The zero-order valence-corrected chi connectivity index (χ0v) is 8.66. The molecule has 0 aromatic heterocycles. The highest BCUT2D eigenvalue weighted by Gasteiger charge is 2.18. The molecule has 0 radical (unpaired) electrons. The second kappa shape index (κ2) is 5.98. The maximum atomic E-state index is 10.7. The summed E-state index contributed by atoms with van der Waals surface area (Å²) in [5.74, 6) is -0.277. The highest BCUT2D eigenvalue weighted by Crippen LogP contribution is 2.12. The van der Waals surface area contributed by atoms with Crippen molar-refractivity contribution in [2.45, 2.75) is 32.2 Å². The van der Waals surface area contributed by atoms with Crippen LogP contribution in [0.5, 0.6) is 0 Å². The van der Waals surface area contributed by atoms with Crippen LogP contribution in [0, 0.1) is 5.92 Å². The number of carboxylic acid groups (broad SMARTS) is 1. The molecule has 4 nitrogen and oxygen atoms in total. The summed E-state index contributed by atoms with van der Waals surface area (Å²) in [5, 5.41) is 11.9. The van der Waals surface area contributed by atoms with Crippen LogP contribution in [0.3, 0.4) is 0 Å². The molecule has 14 heavy (non-hydrogen) atoms. The molecule has 0 aromatic carbocycles. The van der Waals surface area contributed by atoms with E-state index in [1.54, 1.807) is 0 Å². The van der Waals surface area contributed by atoms with Crippen LogP contribution >= 0.6 is 0 Å². The molecule has 0 aliphatic carbocycles. The van der Waals surface area contributed by atoms with Gasteiger partial charge in [0.25, 0.3) is 0 Å². The summed E-state index contributed by atoms with van der Waals surface area (Å²) in [6.07, 6.45) is 2.86. The number of hydrogen-bond donors (Lipinski definition) is 2. The van der Waals surface area contributed by atoms with E-state index in [1.807, 2.05) is 6.92 Å². The van der Waals surface area contributed by atoms with Crippen molar-refractivity contribution in [1.29, 1.82) is 0 Å². The van der Waals surface area contributed by atoms with Gasteiger partial charge < -0.3 is 15.2 Å². The second-order valence-electron chi connectivity index (χ2n) is 3.79. The van der Waals surface area contributed by atoms with Gasteiger partial charge in [0.15, 0.2) is 0 Å². The molecule has 1 fully saturated rings. The molecular formula is C10H19NO3. The molecule has 2 atom stereocenters. The molecule has 1 aliphatic heterocycles. The molecule has 2 unspecified atom stereocenters. The summed E-state index contributed by atoms with van der Waals surface area (Å²) in [7, 11) is 0. The molecule has 1 aliphatic rings. The largest absolute Gasteiger partial charge is 0.480 e. The third-order valence-corrected chi connectivity index (χ3v) is 2.61. The lowest BCUT2D eigenvalue weighted by molar-refractivity contribution is -0.139. The SMILES string of the molecule is CCC(NCC1CCCOC1)C(=O)O. The van der Waals surface area contributed by atoms with Gasteiger partial charge in [-0.15, -0.1) is 0 Å². The Bertz CT molecular complexity index is 178. The van der Waals surface area contributed by atoms with Crippen LogP contribution < -0.4 is 5.32 Å². The van der Waals surface area contributed by atoms with Crippen molar-refractivity contribution < 1.29 is 14.6 Å². The molecule has 4 heteroatoms. The van der Waals surface area contributed by atoms with E-state index in [2.05, 4.69) is 5.32 Å². The molecule has 2 N–H and O–H groups in total. The van der Waals surface area contributed by atoms with Crippen LogP contribution in [0.1, 0.15) is 26.2 Å². The lowest BCUT2D eigenvalue weighted by atomic mass is 10.0. The summed E-state index contributed by atoms with van der Waals surface area (Å²) < 4.78 is 5.32. The summed E-state index contributed by atoms with van der Waals surface area (Å²) in [5.41, 5.74) is 0. The summed E-state index contributed by atoms with van der Waals surface area (Å²) in [6.45, 7) is 4.25. The van der Waals surface area contributed by atoms with Crippen LogP contribution in [-0.2, 0) is 9.53 Å². The van der Waals surface area contributed by atoms with Crippen LogP contribution in [0.15, 0.2) is 0 Å². The first-order valence-corrected chi connectivity index (χ1v) is 5.28. The van der Waals surface area contributed by atoms with Gasteiger partial charge in [-0.1, -0.05) is 6.92 Å². The first-order chi connectivity index (χ1) is 6.74. The number of carbonyl (C=O) groups is 1. The number of hydrogen-bond acceptors (Lipinski definition) is 3. The smallest absolute Gasteiger partial charge is 0.320 e. The molecule has 1 rings (SSSR count). The predicted octanol–water partition coefficient (Wildman–Crippen LogP) is 0.866. The van der Waals surface area contributed by atoms with Gasteiger partial charge in [-0.05, 0) is 25.2 Å². The first kappa shape index (κ1) is 11.5. The zero-order valence-electron chi connectivity index (χ0n) is 8.66. The van der Waals surface area contributed by atoms with E-state index in [4.69, 9.17) is 9.84 Å². The molecule has 0 saturated carbocycles. The van der Waals surface area contributed by atoms with E-state index in [9.17, 15) is 4.79 Å². The lowest BCUT2D eigenvalue weighted by Gasteiger charge is -2.23. The Hall–Kier alpha value is -0.610. The highest BCUT2D eigenvalue weighted by atomic mass is 16.5. The first-order valence-electron chi connectivity index (χ1n) is 5.28. The quantitative estimate of drug-likeness (QED) is 0.693. The van der Waals surface area contributed by atoms with E-state index in [0.29, 0.717) is 12.3 Å².